The number of nitrogen functional groups attached to an aromatic ring is 1. The molecule has 18 heavy (non-hydrogen) atoms. The second-order valence-electron chi connectivity index (χ2n) is 4.01. The normalized spacial score (nSPS) is 10.3. The number of hydrogen-bond acceptors (Lipinski definition) is 5. The number of thiazole rings is 1. The fourth-order valence-electron chi connectivity index (χ4n) is 1.64. The van der Waals surface area contributed by atoms with Gasteiger partial charge in [-0.2, -0.15) is 0 Å². The first-order valence-electron chi connectivity index (χ1n) is 5.77. The van der Waals surface area contributed by atoms with Crippen LogP contribution in [0.25, 0.3) is 0 Å². The van der Waals surface area contributed by atoms with E-state index >= 15 is 0 Å². The van der Waals surface area contributed by atoms with Crippen LogP contribution in [0.3, 0.4) is 0 Å². The van der Waals surface area contributed by atoms with Crippen molar-refractivity contribution in [3.63, 3.8) is 0 Å². The predicted octanol–water partition coefficient (Wildman–Crippen LogP) is 2.70. The second-order valence-corrected chi connectivity index (χ2v) is 4.96. The highest BCUT2D eigenvalue weighted by Crippen LogP contribution is 2.24. The molecule has 1 heterocycles. The Balaban J connectivity index is 1.93. The van der Waals surface area contributed by atoms with Gasteiger partial charge in [0.1, 0.15) is 5.75 Å². The molecule has 0 fully saturated rings. The summed E-state index contributed by atoms with van der Waals surface area (Å²) >= 11 is 1.69. The molecule has 0 spiro atoms. The lowest BCUT2D eigenvalue weighted by Gasteiger charge is -2.10. The summed E-state index contributed by atoms with van der Waals surface area (Å²) in [5, 5.41) is 6.51. The van der Waals surface area contributed by atoms with E-state index < -0.39 is 0 Å². The van der Waals surface area contributed by atoms with Gasteiger partial charge in [-0.25, -0.2) is 4.98 Å². The molecule has 1 aromatic carbocycles. The third-order valence-corrected chi connectivity index (χ3v) is 3.61. The topological polar surface area (TPSA) is 60.2 Å². The number of methoxy groups -OCH3 is 1. The maximum absolute atomic E-state index is 5.90. The molecular formula is C13H17N3OS. The number of aromatic nitrogens is 1. The van der Waals surface area contributed by atoms with E-state index in [1.165, 1.54) is 0 Å². The molecule has 3 N–H and O–H groups in total. The van der Waals surface area contributed by atoms with Crippen molar-refractivity contribution in [2.45, 2.75) is 13.3 Å². The largest absolute Gasteiger partial charge is 0.497 e. The summed E-state index contributed by atoms with van der Waals surface area (Å²) in [5.74, 6) is 0.803. The quantitative estimate of drug-likeness (QED) is 0.814. The van der Waals surface area contributed by atoms with E-state index in [9.17, 15) is 0 Å². The van der Waals surface area contributed by atoms with Gasteiger partial charge in [0.15, 0.2) is 0 Å². The minimum atomic E-state index is 0.728. The third-order valence-electron chi connectivity index (χ3n) is 2.58. The second kappa shape index (κ2) is 5.73. The summed E-state index contributed by atoms with van der Waals surface area (Å²) in [7, 11) is 1.65. The van der Waals surface area contributed by atoms with Crippen LogP contribution >= 0.6 is 11.3 Å². The third kappa shape index (κ3) is 3.13. The first-order chi connectivity index (χ1) is 8.69. The molecule has 2 rings (SSSR count). The van der Waals surface area contributed by atoms with Crippen LogP contribution in [0.4, 0.5) is 11.4 Å². The molecule has 5 heteroatoms. The molecule has 0 saturated carbocycles. The van der Waals surface area contributed by atoms with Crippen molar-refractivity contribution >= 4 is 22.7 Å². The van der Waals surface area contributed by atoms with Gasteiger partial charge < -0.3 is 15.8 Å². The van der Waals surface area contributed by atoms with Gasteiger partial charge >= 0.3 is 0 Å². The summed E-state index contributed by atoms with van der Waals surface area (Å²) in [6.45, 7) is 2.82. The molecule has 96 valence electrons. The van der Waals surface area contributed by atoms with Gasteiger partial charge in [0.2, 0.25) is 0 Å². The van der Waals surface area contributed by atoms with E-state index in [0.29, 0.717) is 0 Å². The van der Waals surface area contributed by atoms with Crippen LogP contribution in [-0.4, -0.2) is 18.6 Å². The number of ether oxygens (including phenoxy) is 1. The number of nitrogens with one attached hydrogen (secondary N) is 1. The standard InChI is InChI=1S/C13H17N3OS/c1-9-8-18-13(16-9)5-6-15-12-7-10(17-2)3-4-11(12)14/h3-4,7-8,15H,5-6,14H2,1-2H3. The Morgan fingerprint density at radius 2 is 2.28 bits per heavy atom. The number of nitrogens with zero attached hydrogens (tertiary/aromatic N) is 1. The van der Waals surface area contributed by atoms with Crippen LogP contribution in [0.5, 0.6) is 5.75 Å². The number of anilines is 2. The Morgan fingerprint density at radius 1 is 1.44 bits per heavy atom. The number of nitrogens with two attached hydrogens (primary N) is 1. The number of aryl methyl sites for hydroxylation is 1. The summed E-state index contributed by atoms with van der Waals surface area (Å²) in [5.41, 5.74) is 8.61. The zero-order valence-corrected chi connectivity index (χ0v) is 11.4. The van der Waals surface area contributed by atoms with Crippen molar-refractivity contribution in [3.05, 3.63) is 34.3 Å². The highest BCUT2D eigenvalue weighted by Gasteiger charge is 2.02. The van der Waals surface area contributed by atoms with Crippen molar-refractivity contribution in [2.75, 3.05) is 24.7 Å². The van der Waals surface area contributed by atoms with Gasteiger partial charge in [-0.3, -0.25) is 0 Å². The van der Waals surface area contributed by atoms with Gasteiger partial charge in [0.25, 0.3) is 0 Å². The Bertz CT molecular complexity index is 525. The van der Waals surface area contributed by atoms with E-state index in [1.807, 2.05) is 25.1 Å². The molecule has 0 aliphatic heterocycles. The number of rotatable bonds is 5. The van der Waals surface area contributed by atoms with Crippen molar-refractivity contribution in [3.8, 4) is 5.75 Å². The molecule has 0 aliphatic rings. The van der Waals surface area contributed by atoms with Gasteiger partial charge in [-0.15, -0.1) is 11.3 Å². The summed E-state index contributed by atoms with van der Waals surface area (Å²) < 4.78 is 5.17. The molecule has 0 bridgehead atoms. The Hall–Kier alpha value is -1.75. The first-order valence-corrected chi connectivity index (χ1v) is 6.65. The van der Waals surface area contributed by atoms with Crippen LogP contribution in [0, 0.1) is 6.92 Å². The van der Waals surface area contributed by atoms with E-state index in [-0.39, 0.29) is 0 Å². The highest BCUT2D eigenvalue weighted by molar-refractivity contribution is 7.09. The maximum Gasteiger partial charge on any atom is 0.121 e. The van der Waals surface area contributed by atoms with E-state index in [2.05, 4.69) is 15.7 Å². The van der Waals surface area contributed by atoms with Crippen LogP contribution in [0.15, 0.2) is 23.6 Å². The van der Waals surface area contributed by atoms with Crippen LogP contribution < -0.4 is 15.8 Å². The average molecular weight is 263 g/mol. The Morgan fingerprint density at radius 3 is 2.94 bits per heavy atom. The summed E-state index contributed by atoms with van der Waals surface area (Å²) in [4.78, 5) is 4.42. The van der Waals surface area contributed by atoms with E-state index in [0.717, 1.165) is 40.8 Å². The summed E-state index contributed by atoms with van der Waals surface area (Å²) in [6.07, 6.45) is 0.898. The lowest BCUT2D eigenvalue weighted by atomic mass is 10.2. The molecule has 2 aromatic rings. The SMILES string of the molecule is COc1ccc(N)c(NCCc2nc(C)cs2)c1. The molecule has 4 nitrogen and oxygen atoms in total. The lowest BCUT2D eigenvalue weighted by Crippen LogP contribution is -2.07. The highest BCUT2D eigenvalue weighted by atomic mass is 32.1. The molecule has 1 aromatic heterocycles. The molecule has 0 unspecified atom stereocenters. The van der Waals surface area contributed by atoms with Gasteiger partial charge in [-0.1, -0.05) is 0 Å². The van der Waals surface area contributed by atoms with Gasteiger partial charge in [0, 0.05) is 30.1 Å². The lowest BCUT2D eigenvalue weighted by molar-refractivity contribution is 0.415. The Kier molecular flexibility index (Phi) is 4.04. The smallest absolute Gasteiger partial charge is 0.121 e. The molecular weight excluding hydrogens is 246 g/mol. The molecule has 0 atom stereocenters. The first kappa shape index (κ1) is 12.7. The minimum Gasteiger partial charge on any atom is -0.497 e. The van der Waals surface area contributed by atoms with Crippen molar-refractivity contribution < 1.29 is 4.74 Å². The Labute approximate surface area is 111 Å². The van der Waals surface area contributed by atoms with E-state index in [1.54, 1.807) is 18.4 Å². The van der Waals surface area contributed by atoms with Gasteiger partial charge in [0.05, 0.1) is 23.5 Å². The van der Waals surface area contributed by atoms with Crippen LogP contribution in [0.2, 0.25) is 0 Å². The minimum absolute atomic E-state index is 0.728. The van der Waals surface area contributed by atoms with Gasteiger partial charge in [-0.05, 0) is 19.1 Å². The van der Waals surface area contributed by atoms with Crippen molar-refractivity contribution in [1.29, 1.82) is 0 Å². The zero-order chi connectivity index (χ0) is 13.0. The fourth-order valence-corrected chi connectivity index (χ4v) is 2.41. The molecule has 0 amide bonds. The number of benzene rings is 1. The molecule has 0 radical (unpaired) electrons. The van der Waals surface area contributed by atoms with Crippen molar-refractivity contribution in [2.24, 2.45) is 0 Å². The number of hydrogen-bond donors (Lipinski definition) is 2. The zero-order valence-electron chi connectivity index (χ0n) is 10.6. The predicted molar refractivity (Wildman–Crippen MR) is 76.5 cm³/mol. The molecule has 0 aliphatic carbocycles. The van der Waals surface area contributed by atoms with Crippen LogP contribution in [0.1, 0.15) is 10.7 Å². The fraction of sp³-hybridized carbons (Fsp3) is 0.308. The van der Waals surface area contributed by atoms with Crippen LogP contribution in [-0.2, 0) is 6.42 Å². The monoisotopic (exact) mass is 263 g/mol. The van der Waals surface area contributed by atoms with Crippen molar-refractivity contribution in [1.82, 2.24) is 4.98 Å². The maximum atomic E-state index is 5.90. The average Bonchev–Trinajstić information content (AvgIpc) is 2.77. The molecule has 0 saturated heterocycles. The van der Waals surface area contributed by atoms with E-state index in [4.69, 9.17) is 10.5 Å². The summed E-state index contributed by atoms with van der Waals surface area (Å²) in [6, 6.07) is 5.60.